The lowest BCUT2D eigenvalue weighted by Gasteiger charge is -2.33. The van der Waals surface area contributed by atoms with E-state index in [2.05, 4.69) is 49.8 Å². The molecule has 0 aliphatic rings. The zero-order chi connectivity index (χ0) is 29.2. The van der Waals surface area contributed by atoms with Crippen molar-refractivity contribution in [3.63, 3.8) is 0 Å². The Bertz CT molecular complexity index is 1080. The normalized spacial score (nSPS) is 14.6. The zero-order valence-electron chi connectivity index (χ0n) is 25.1. The van der Waals surface area contributed by atoms with Crippen LogP contribution in [-0.2, 0) is 25.4 Å². The molecule has 0 saturated heterocycles. The standard InChI is InChI=1S/C30H47N2O6P.ClH/c1-21(2)32(22(3)4)17-16-27(26-12-10-9-11-13-26)28-18-25(19-33)14-15-29(28)38-39(35,20-36-8)31-24(7)30(34)37-23(5)6;/h9-15,18,21-24,27,33H,16-17,19-20H2,1-8H3,(H,31,35);1H. The first kappa shape index (κ1) is 36.1. The Morgan fingerprint density at radius 1 is 1.00 bits per heavy atom. The fourth-order valence-electron chi connectivity index (χ4n) is 4.73. The van der Waals surface area contributed by atoms with E-state index >= 15 is 0 Å². The van der Waals surface area contributed by atoms with E-state index in [1.165, 1.54) is 7.11 Å². The van der Waals surface area contributed by atoms with Crippen LogP contribution in [0, 0.1) is 0 Å². The maximum Gasteiger partial charge on any atom is 0.342 e. The lowest BCUT2D eigenvalue weighted by Crippen LogP contribution is -2.38. The number of aliphatic hydroxyl groups is 1. The number of nitrogens with one attached hydrogen (secondary N) is 1. The highest BCUT2D eigenvalue weighted by atomic mass is 35.5. The molecular weight excluding hydrogens is 551 g/mol. The van der Waals surface area contributed by atoms with Gasteiger partial charge in [-0.25, -0.2) is 5.09 Å². The van der Waals surface area contributed by atoms with Crippen LogP contribution in [0.4, 0.5) is 0 Å². The minimum absolute atomic E-state index is 0. The maximum atomic E-state index is 14.0. The molecule has 0 bridgehead atoms. The van der Waals surface area contributed by atoms with Crippen LogP contribution in [0.25, 0.3) is 0 Å². The number of hydrogen-bond acceptors (Lipinski definition) is 7. The molecule has 40 heavy (non-hydrogen) atoms. The first-order valence-electron chi connectivity index (χ1n) is 13.7. The molecule has 2 N–H and O–H groups in total. The second-order valence-electron chi connectivity index (χ2n) is 10.7. The topological polar surface area (TPSA) is 97.3 Å². The average Bonchev–Trinajstić information content (AvgIpc) is 2.86. The quantitative estimate of drug-likeness (QED) is 0.170. The molecule has 3 atom stereocenters. The molecule has 0 fully saturated rings. The molecule has 226 valence electrons. The fraction of sp³-hybridized carbons (Fsp3) is 0.567. The summed E-state index contributed by atoms with van der Waals surface area (Å²) in [5, 5.41) is 12.8. The monoisotopic (exact) mass is 598 g/mol. The molecule has 0 saturated carbocycles. The number of halogens is 1. The lowest BCUT2D eigenvalue weighted by molar-refractivity contribution is -0.149. The van der Waals surface area contributed by atoms with Gasteiger partial charge in [0.05, 0.1) is 12.7 Å². The van der Waals surface area contributed by atoms with Crippen LogP contribution in [0.1, 0.15) is 77.5 Å². The van der Waals surface area contributed by atoms with Gasteiger partial charge >= 0.3 is 13.5 Å². The highest BCUT2D eigenvalue weighted by Crippen LogP contribution is 2.47. The lowest BCUT2D eigenvalue weighted by atomic mass is 9.86. The third kappa shape index (κ3) is 10.8. The molecule has 8 nitrogen and oxygen atoms in total. The van der Waals surface area contributed by atoms with Crippen LogP contribution >= 0.6 is 19.9 Å². The number of rotatable bonds is 16. The van der Waals surface area contributed by atoms with Gasteiger partial charge in [-0.05, 0) is 84.7 Å². The van der Waals surface area contributed by atoms with Gasteiger partial charge in [0.1, 0.15) is 18.1 Å². The molecule has 3 unspecified atom stereocenters. The molecule has 2 aromatic carbocycles. The van der Waals surface area contributed by atoms with E-state index in [4.69, 9.17) is 14.0 Å². The van der Waals surface area contributed by atoms with Gasteiger partial charge in [0.25, 0.3) is 0 Å². The van der Waals surface area contributed by atoms with Gasteiger partial charge in [-0.2, -0.15) is 0 Å². The largest absolute Gasteiger partial charge is 0.462 e. The molecule has 0 amide bonds. The first-order valence-corrected chi connectivity index (χ1v) is 15.5. The van der Waals surface area contributed by atoms with Crippen LogP contribution in [0.5, 0.6) is 5.75 Å². The summed E-state index contributed by atoms with van der Waals surface area (Å²) < 4.78 is 30.7. The Morgan fingerprint density at radius 3 is 2.15 bits per heavy atom. The molecule has 2 rings (SSSR count). The third-order valence-corrected chi connectivity index (χ3v) is 8.35. The van der Waals surface area contributed by atoms with Gasteiger partial charge in [0.2, 0.25) is 0 Å². The van der Waals surface area contributed by atoms with E-state index < -0.39 is 19.5 Å². The van der Waals surface area contributed by atoms with Crippen molar-refractivity contribution in [2.45, 2.75) is 91.6 Å². The van der Waals surface area contributed by atoms with E-state index in [0.717, 1.165) is 29.7 Å². The van der Waals surface area contributed by atoms with Crippen molar-refractivity contribution in [2.24, 2.45) is 0 Å². The second-order valence-corrected chi connectivity index (χ2v) is 12.8. The Kier molecular flexibility index (Phi) is 15.5. The van der Waals surface area contributed by atoms with Gasteiger partial charge < -0.3 is 19.1 Å². The Hall–Kier alpha value is -1.93. The van der Waals surface area contributed by atoms with E-state index in [0.29, 0.717) is 17.8 Å². The maximum absolute atomic E-state index is 14.0. The van der Waals surface area contributed by atoms with Crippen LogP contribution in [0.15, 0.2) is 48.5 Å². The van der Waals surface area contributed by atoms with Gasteiger partial charge in [0, 0.05) is 30.7 Å². The molecular formula is C30H48ClN2O6P. The smallest absolute Gasteiger partial charge is 0.342 e. The predicted octanol–water partition coefficient (Wildman–Crippen LogP) is 6.35. The number of nitrogens with zero attached hydrogens (tertiary/aromatic N) is 1. The number of hydrogen-bond donors (Lipinski definition) is 2. The summed E-state index contributed by atoms with van der Waals surface area (Å²) in [4.78, 5) is 14.9. The molecule has 2 aromatic rings. The number of benzene rings is 2. The van der Waals surface area contributed by atoms with Crippen molar-refractivity contribution >= 4 is 25.9 Å². The average molecular weight is 599 g/mol. The van der Waals surface area contributed by atoms with Crippen molar-refractivity contribution in [1.29, 1.82) is 0 Å². The number of carbonyl (C=O) groups excluding carboxylic acids is 1. The van der Waals surface area contributed by atoms with Gasteiger partial charge in [-0.1, -0.05) is 36.4 Å². The Morgan fingerprint density at radius 2 is 1.62 bits per heavy atom. The molecule has 10 heteroatoms. The van der Waals surface area contributed by atoms with Gasteiger partial charge in [-0.3, -0.25) is 14.3 Å². The van der Waals surface area contributed by atoms with Crippen LogP contribution < -0.4 is 9.61 Å². The minimum Gasteiger partial charge on any atom is -0.462 e. The van der Waals surface area contributed by atoms with Gasteiger partial charge in [0.15, 0.2) is 0 Å². The van der Waals surface area contributed by atoms with Crippen LogP contribution in [0.3, 0.4) is 0 Å². The van der Waals surface area contributed by atoms with Crippen molar-refractivity contribution in [3.05, 3.63) is 65.2 Å². The van der Waals surface area contributed by atoms with E-state index in [1.54, 1.807) is 32.9 Å². The molecule has 0 radical (unpaired) electrons. The summed E-state index contributed by atoms with van der Waals surface area (Å²) >= 11 is 0. The van der Waals surface area contributed by atoms with Crippen molar-refractivity contribution < 1.29 is 28.5 Å². The highest BCUT2D eigenvalue weighted by Gasteiger charge is 2.33. The second kappa shape index (κ2) is 17.1. The number of ether oxygens (including phenoxy) is 2. The van der Waals surface area contributed by atoms with E-state index in [-0.39, 0.29) is 37.4 Å². The van der Waals surface area contributed by atoms with E-state index in [9.17, 15) is 14.5 Å². The van der Waals surface area contributed by atoms with Crippen molar-refractivity contribution in [1.82, 2.24) is 9.99 Å². The van der Waals surface area contributed by atoms with Crippen molar-refractivity contribution in [3.8, 4) is 5.75 Å². The summed E-state index contributed by atoms with van der Waals surface area (Å²) in [6.07, 6.45) is 0.243. The zero-order valence-corrected chi connectivity index (χ0v) is 26.8. The number of aliphatic hydroxyl groups excluding tert-OH is 1. The number of esters is 1. The third-order valence-electron chi connectivity index (χ3n) is 6.48. The summed E-state index contributed by atoms with van der Waals surface area (Å²) in [7, 11) is -2.26. The highest BCUT2D eigenvalue weighted by molar-refractivity contribution is 7.57. The fourth-order valence-corrected chi connectivity index (χ4v) is 6.43. The first-order chi connectivity index (χ1) is 18.4. The van der Waals surface area contributed by atoms with Gasteiger partial charge in [-0.15, -0.1) is 12.4 Å². The molecule has 0 heterocycles. The minimum atomic E-state index is -3.69. The number of carbonyl (C=O) groups is 1. The SMILES string of the molecule is COCP(=O)(NC(C)C(=O)OC(C)C)Oc1ccc(CO)cc1C(CCN(C(C)C)C(C)C)c1ccccc1.Cl. The Labute approximate surface area is 246 Å². The van der Waals surface area contributed by atoms with Crippen LogP contribution in [0.2, 0.25) is 0 Å². The predicted molar refractivity (Wildman–Crippen MR) is 163 cm³/mol. The molecule has 0 aliphatic heterocycles. The molecule has 0 aromatic heterocycles. The molecule has 0 spiro atoms. The summed E-state index contributed by atoms with van der Waals surface area (Å²) in [6, 6.07) is 15.4. The summed E-state index contributed by atoms with van der Waals surface area (Å²) in [5.41, 5.74) is 2.63. The Balaban J connectivity index is 0.00000800. The van der Waals surface area contributed by atoms with Crippen molar-refractivity contribution in [2.75, 3.05) is 20.0 Å². The summed E-state index contributed by atoms with van der Waals surface area (Å²) in [6.45, 7) is 14.6. The number of methoxy groups -OCH3 is 1. The summed E-state index contributed by atoms with van der Waals surface area (Å²) in [5.74, 6) is -0.198. The van der Waals surface area contributed by atoms with E-state index in [1.807, 2.05) is 24.3 Å². The molecule has 0 aliphatic carbocycles. The van der Waals surface area contributed by atoms with Crippen LogP contribution in [-0.4, -0.2) is 60.2 Å².